The Morgan fingerprint density at radius 1 is 1.20 bits per heavy atom. The predicted molar refractivity (Wildman–Crippen MR) is 136 cm³/mol. The second kappa shape index (κ2) is 11.0. The number of hydrogen-bond donors (Lipinski definition) is 1. The van der Waals surface area contributed by atoms with Crippen molar-refractivity contribution in [1.82, 2.24) is 5.32 Å². The highest BCUT2D eigenvalue weighted by Gasteiger charge is 2.29. The summed E-state index contributed by atoms with van der Waals surface area (Å²) in [6.45, 7) is 4.79. The number of rotatable bonds is 8. The van der Waals surface area contributed by atoms with Crippen LogP contribution >= 0.6 is 0 Å². The maximum absolute atomic E-state index is 14.0. The molecule has 0 atom stereocenters. The van der Waals surface area contributed by atoms with Gasteiger partial charge in [0, 0.05) is 23.7 Å². The van der Waals surface area contributed by atoms with Crippen LogP contribution in [0.2, 0.25) is 0 Å². The Balaban J connectivity index is 1.76. The van der Waals surface area contributed by atoms with Gasteiger partial charge in [-0.05, 0) is 61.6 Å². The maximum Gasteiger partial charge on any atom is 0.336 e. The minimum atomic E-state index is -0.496. The minimum Gasteiger partial charge on any atom is -0.491 e. The smallest absolute Gasteiger partial charge is 0.336 e. The van der Waals surface area contributed by atoms with E-state index in [1.54, 1.807) is 24.0 Å². The third-order valence-electron chi connectivity index (χ3n) is 6.03. The fraction of sp³-hybridized carbons (Fsp3) is 0.321. The van der Waals surface area contributed by atoms with Crippen molar-refractivity contribution in [2.45, 2.75) is 39.5 Å². The Bertz CT molecular complexity index is 1320. The molecule has 182 valence electrons. The Hall–Kier alpha value is -3.87. The number of aryl methyl sites for hydroxylation is 2. The van der Waals surface area contributed by atoms with E-state index in [4.69, 9.17) is 9.15 Å². The van der Waals surface area contributed by atoms with Crippen LogP contribution in [-0.2, 0) is 17.6 Å². The molecule has 0 radical (unpaired) electrons. The number of carbonyl (C=O) groups is 2. The van der Waals surface area contributed by atoms with E-state index in [9.17, 15) is 14.4 Å². The molecule has 0 unspecified atom stereocenters. The SMILES string of the molecule is C/C=C/C(=O)NCCOc1ccc2c(CCC)cc(=O)oc2c1C(=O)N1CCCc2ccccc21. The molecule has 0 saturated heterocycles. The van der Waals surface area contributed by atoms with E-state index >= 15 is 0 Å². The van der Waals surface area contributed by atoms with Gasteiger partial charge in [-0.2, -0.15) is 0 Å². The third kappa shape index (κ3) is 5.29. The lowest BCUT2D eigenvalue weighted by Crippen LogP contribution is -2.36. The van der Waals surface area contributed by atoms with E-state index in [0.29, 0.717) is 18.7 Å². The highest BCUT2D eigenvalue weighted by atomic mass is 16.5. The van der Waals surface area contributed by atoms with Gasteiger partial charge in [0.1, 0.15) is 17.9 Å². The van der Waals surface area contributed by atoms with Crippen LogP contribution in [0.5, 0.6) is 5.75 Å². The molecule has 2 amide bonds. The van der Waals surface area contributed by atoms with E-state index in [1.165, 1.54) is 12.1 Å². The van der Waals surface area contributed by atoms with Crippen molar-refractivity contribution >= 4 is 28.5 Å². The maximum atomic E-state index is 14.0. The van der Waals surface area contributed by atoms with Crippen LogP contribution in [0.1, 0.15) is 48.2 Å². The summed E-state index contributed by atoms with van der Waals surface area (Å²) in [6.07, 6.45) is 6.38. The first-order chi connectivity index (χ1) is 17.0. The van der Waals surface area contributed by atoms with Crippen molar-refractivity contribution in [2.24, 2.45) is 0 Å². The summed E-state index contributed by atoms with van der Waals surface area (Å²) in [5, 5.41) is 3.46. The highest BCUT2D eigenvalue weighted by molar-refractivity contribution is 6.15. The summed E-state index contributed by atoms with van der Waals surface area (Å²) >= 11 is 0. The largest absolute Gasteiger partial charge is 0.491 e. The molecule has 1 aliphatic rings. The van der Waals surface area contributed by atoms with Gasteiger partial charge >= 0.3 is 5.63 Å². The number of ether oxygens (including phenoxy) is 1. The molecule has 1 N–H and O–H groups in total. The fourth-order valence-corrected chi connectivity index (χ4v) is 4.50. The Labute approximate surface area is 204 Å². The van der Waals surface area contributed by atoms with E-state index in [0.717, 1.165) is 41.5 Å². The normalized spacial score (nSPS) is 13.1. The molecule has 2 heterocycles. The Morgan fingerprint density at radius 3 is 2.83 bits per heavy atom. The molecule has 7 heteroatoms. The molecule has 3 aromatic rings. The zero-order valence-corrected chi connectivity index (χ0v) is 20.1. The number of allylic oxidation sites excluding steroid dienone is 1. The van der Waals surface area contributed by atoms with Crippen molar-refractivity contribution in [1.29, 1.82) is 0 Å². The van der Waals surface area contributed by atoms with Crippen molar-refractivity contribution < 1.29 is 18.7 Å². The zero-order chi connectivity index (χ0) is 24.8. The monoisotopic (exact) mass is 474 g/mol. The molecule has 4 rings (SSSR count). The van der Waals surface area contributed by atoms with Gasteiger partial charge < -0.3 is 19.4 Å². The second-order valence-corrected chi connectivity index (χ2v) is 8.48. The van der Waals surface area contributed by atoms with Gasteiger partial charge in [-0.15, -0.1) is 0 Å². The molecular weight excluding hydrogens is 444 g/mol. The van der Waals surface area contributed by atoms with Crippen molar-refractivity contribution in [3.8, 4) is 5.75 Å². The molecule has 2 aromatic carbocycles. The standard InChI is InChI=1S/C28H30N2O5/c1-3-8-20-18-25(32)35-27-21(20)13-14-23(34-17-15-29-24(31)9-4-2)26(27)28(33)30-16-7-11-19-10-5-6-12-22(19)30/h4-6,9-10,12-14,18H,3,7-8,11,15-17H2,1-2H3,(H,29,31)/b9-4+. The number of amides is 2. The Kier molecular flexibility index (Phi) is 7.65. The molecule has 35 heavy (non-hydrogen) atoms. The zero-order valence-electron chi connectivity index (χ0n) is 20.1. The third-order valence-corrected chi connectivity index (χ3v) is 6.03. The van der Waals surface area contributed by atoms with Crippen LogP contribution < -0.4 is 20.6 Å². The highest BCUT2D eigenvalue weighted by Crippen LogP contribution is 2.34. The molecule has 0 spiro atoms. The molecule has 0 fully saturated rings. The average Bonchev–Trinajstić information content (AvgIpc) is 2.86. The first kappa shape index (κ1) is 24.3. The number of nitrogens with zero attached hydrogens (tertiary/aromatic N) is 1. The lowest BCUT2D eigenvalue weighted by Gasteiger charge is -2.30. The lowest BCUT2D eigenvalue weighted by atomic mass is 9.98. The lowest BCUT2D eigenvalue weighted by molar-refractivity contribution is -0.116. The van der Waals surface area contributed by atoms with Gasteiger partial charge in [-0.3, -0.25) is 9.59 Å². The van der Waals surface area contributed by atoms with E-state index in [-0.39, 0.29) is 36.1 Å². The van der Waals surface area contributed by atoms with E-state index in [1.807, 2.05) is 37.3 Å². The first-order valence-electron chi connectivity index (χ1n) is 12.1. The molecule has 0 bridgehead atoms. The number of anilines is 1. The van der Waals surface area contributed by atoms with Crippen LogP contribution in [0.4, 0.5) is 5.69 Å². The van der Waals surface area contributed by atoms with Crippen molar-refractivity contribution in [3.63, 3.8) is 0 Å². The number of fused-ring (bicyclic) bond motifs is 2. The van der Waals surface area contributed by atoms with Crippen LogP contribution in [0.3, 0.4) is 0 Å². The van der Waals surface area contributed by atoms with Crippen LogP contribution in [0.25, 0.3) is 11.0 Å². The van der Waals surface area contributed by atoms with Crippen molar-refractivity contribution in [2.75, 3.05) is 24.6 Å². The van der Waals surface area contributed by atoms with Gasteiger partial charge in [-0.25, -0.2) is 4.79 Å². The summed E-state index contributed by atoms with van der Waals surface area (Å²) in [6, 6.07) is 12.9. The first-order valence-corrected chi connectivity index (χ1v) is 12.1. The molecule has 1 aliphatic heterocycles. The molecule has 1 aromatic heterocycles. The topological polar surface area (TPSA) is 88.8 Å². The summed E-state index contributed by atoms with van der Waals surface area (Å²) in [5.41, 5.74) is 2.78. The number of benzene rings is 2. The molecule has 0 aliphatic carbocycles. The van der Waals surface area contributed by atoms with Crippen molar-refractivity contribution in [3.05, 3.63) is 81.7 Å². The minimum absolute atomic E-state index is 0.157. The van der Waals surface area contributed by atoms with E-state index in [2.05, 4.69) is 5.32 Å². The van der Waals surface area contributed by atoms with Gasteiger partial charge in [0.2, 0.25) is 5.91 Å². The number of nitrogens with one attached hydrogen (secondary N) is 1. The predicted octanol–water partition coefficient (Wildman–Crippen LogP) is 4.41. The quantitative estimate of drug-likeness (QED) is 0.297. The summed E-state index contributed by atoms with van der Waals surface area (Å²) in [5.74, 6) is -0.166. The number of para-hydroxylation sites is 1. The summed E-state index contributed by atoms with van der Waals surface area (Å²) in [7, 11) is 0. The second-order valence-electron chi connectivity index (χ2n) is 8.48. The van der Waals surface area contributed by atoms with Gasteiger partial charge in [-0.1, -0.05) is 37.6 Å². The fourth-order valence-electron chi connectivity index (χ4n) is 4.50. The van der Waals surface area contributed by atoms with Gasteiger partial charge in [0.15, 0.2) is 5.58 Å². The molecular formula is C28H30N2O5. The summed E-state index contributed by atoms with van der Waals surface area (Å²) in [4.78, 5) is 39.9. The van der Waals surface area contributed by atoms with Crippen LogP contribution in [0, 0.1) is 0 Å². The number of hydrogen-bond acceptors (Lipinski definition) is 5. The van der Waals surface area contributed by atoms with Gasteiger partial charge in [0.25, 0.3) is 5.91 Å². The van der Waals surface area contributed by atoms with Crippen LogP contribution in [-0.4, -0.2) is 31.5 Å². The molecule has 7 nitrogen and oxygen atoms in total. The average molecular weight is 475 g/mol. The number of carbonyl (C=O) groups excluding carboxylic acids is 2. The molecule has 0 saturated carbocycles. The van der Waals surface area contributed by atoms with Gasteiger partial charge in [0.05, 0.1) is 6.54 Å². The van der Waals surface area contributed by atoms with Crippen LogP contribution in [0.15, 0.2) is 63.8 Å². The summed E-state index contributed by atoms with van der Waals surface area (Å²) < 4.78 is 11.6. The van der Waals surface area contributed by atoms with E-state index < -0.39 is 5.63 Å². The Morgan fingerprint density at radius 2 is 2.03 bits per heavy atom.